The van der Waals surface area contributed by atoms with Crippen LogP contribution in [0.5, 0.6) is 0 Å². The van der Waals surface area contributed by atoms with E-state index in [0.717, 1.165) is 40.5 Å². The van der Waals surface area contributed by atoms with Crippen molar-refractivity contribution in [2.24, 2.45) is 0 Å². The Bertz CT molecular complexity index is 1090. The van der Waals surface area contributed by atoms with Gasteiger partial charge in [0.2, 0.25) is 0 Å². The summed E-state index contributed by atoms with van der Waals surface area (Å²) in [6.07, 6.45) is 0.925. The SMILES string of the molecule is Clc1ccc(CCNCc2nn(Cc3cccc(Cl)c3)nc2-c2ccccc2)cc1. The van der Waals surface area contributed by atoms with Gasteiger partial charge < -0.3 is 5.32 Å². The molecule has 4 nitrogen and oxygen atoms in total. The zero-order chi connectivity index (χ0) is 20.8. The lowest BCUT2D eigenvalue weighted by Gasteiger charge is -2.05. The van der Waals surface area contributed by atoms with Gasteiger partial charge in [-0.1, -0.05) is 77.8 Å². The summed E-state index contributed by atoms with van der Waals surface area (Å²) in [5.41, 5.74) is 5.21. The first kappa shape index (κ1) is 20.6. The summed E-state index contributed by atoms with van der Waals surface area (Å²) in [4.78, 5) is 1.74. The van der Waals surface area contributed by atoms with Gasteiger partial charge in [-0.25, -0.2) is 0 Å². The molecule has 152 valence electrons. The molecular formula is C24H22Cl2N4. The number of nitrogens with one attached hydrogen (secondary N) is 1. The lowest BCUT2D eigenvalue weighted by atomic mass is 10.1. The highest BCUT2D eigenvalue weighted by atomic mass is 35.5. The summed E-state index contributed by atoms with van der Waals surface area (Å²) in [6.45, 7) is 2.07. The first-order valence-electron chi connectivity index (χ1n) is 9.86. The third-order valence-electron chi connectivity index (χ3n) is 4.78. The monoisotopic (exact) mass is 436 g/mol. The van der Waals surface area contributed by atoms with Gasteiger partial charge in [0.05, 0.1) is 6.54 Å². The molecule has 1 aromatic heterocycles. The van der Waals surface area contributed by atoms with Crippen molar-refractivity contribution in [3.63, 3.8) is 0 Å². The molecule has 1 heterocycles. The van der Waals surface area contributed by atoms with E-state index in [0.29, 0.717) is 18.1 Å². The number of hydrogen-bond acceptors (Lipinski definition) is 3. The van der Waals surface area contributed by atoms with E-state index in [1.54, 1.807) is 4.80 Å². The molecule has 1 N–H and O–H groups in total. The highest BCUT2D eigenvalue weighted by Crippen LogP contribution is 2.21. The summed E-state index contributed by atoms with van der Waals surface area (Å²) in [6, 6.07) is 25.9. The lowest BCUT2D eigenvalue weighted by molar-refractivity contribution is 0.577. The molecule has 0 aliphatic heterocycles. The molecule has 0 saturated carbocycles. The molecule has 0 aliphatic rings. The van der Waals surface area contributed by atoms with E-state index in [9.17, 15) is 0 Å². The highest BCUT2D eigenvalue weighted by Gasteiger charge is 2.13. The van der Waals surface area contributed by atoms with Gasteiger partial charge in [-0.15, -0.1) is 0 Å². The summed E-state index contributed by atoms with van der Waals surface area (Å²) >= 11 is 12.1. The van der Waals surface area contributed by atoms with E-state index in [4.69, 9.17) is 33.4 Å². The average molecular weight is 437 g/mol. The number of halogens is 2. The van der Waals surface area contributed by atoms with Crippen LogP contribution in [0.2, 0.25) is 10.0 Å². The van der Waals surface area contributed by atoms with Crippen LogP contribution in [0.3, 0.4) is 0 Å². The maximum absolute atomic E-state index is 6.12. The molecule has 0 aliphatic carbocycles. The van der Waals surface area contributed by atoms with Crippen molar-refractivity contribution in [3.8, 4) is 11.3 Å². The van der Waals surface area contributed by atoms with Crippen molar-refractivity contribution in [3.05, 3.63) is 106 Å². The largest absolute Gasteiger partial charge is 0.311 e. The van der Waals surface area contributed by atoms with Crippen molar-refractivity contribution >= 4 is 23.2 Å². The Balaban J connectivity index is 1.47. The summed E-state index contributed by atoms with van der Waals surface area (Å²) in [5.74, 6) is 0. The summed E-state index contributed by atoms with van der Waals surface area (Å²) in [5, 5.41) is 14.5. The van der Waals surface area contributed by atoms with Gasteiger partial charge in [0.1, 0.15) is 11.4 Å². The number of nitrogens with zero attached hydrogens (tertiary/aromatic N) is 3. The Morgan fingerprint density at radius 2 is 1.57 bits per heavy atom. The Kier molecular flexibility index (Phi) is 6.80. The predicted molar refractivity (Wildman–Crippen MR) is 123 cm³/mol. The van der Waals surface area contributed by atoms with Gasteiger partial charge in [0.25, 0.3) is 0 Å². The molecular weight excluding hydrogens is 415 g/mol. The number of rotatable bonds is 8. The molecule has 0 fully saturated rings. The topological polar surface area (TPSA) is 42.7 Å². The number of hydrogen-bond donors (Lipinski definition) is 1. The van der Waals surface area contributed by atoms with Crippen LogP contribution in [0.15, 0.2) is 78.9 Å². The first-order chi connectivity index (χ1) is 14.7. The van der Waals surface area contributed by atoms with Gasteiger partial charge >= 0.3 is 0 Å². The Hall–Kier alpha value is -2.66. The van der Waals surface area contributed by atoms with Crippen LogP contribution in [-0.4, -0.2) is 21.5 Å². The van der Waals surface area contributed by atoms with Crippen molar-refractivity contribution in [1.29, 1.82) is 0 Å². The minimum atomic E-state index is 0.575. The Morgan fingerprint density at radius 1 is 0.767 bits per heavy atom. The van der Waals surface area contributed by atoms with Crippen LogP contribution in [0.4, 0.5) is 0 Å². The van der Waals surface area contributed by atoms with Gasteiger partial charge in [0.15, 0.2) is 0 Å². The predicted octanol–water partition coefficient (Wildman–Crippen LogP) is 5.63. The molecule has 0 saturated heterocycles. The van der Waals surface area contributed by atoms with Gasteiger partial charge in [-0.3, -0.25) is 0 Å². The zero-order valence-corrected chi connectivity index (χ0v) is 17.9. The molecule has 0 spiro atoms. The Labute approximate surface area is 186 Å². The van der Waals surface area contributed by atoms with Crippen LogP contribution in [0.1, 0.15) is 16.8 Å². The molecule has 0 amide bonds. The third kappa shape index (κ3) is 5.48. The fourth-order valence-electron chi connectivity index (χ4n) is 3.28. The minimum absolute atomic E-state index is 0.575. The molecule has 4 aromatic rings. The van der Waals surface area contributed by atoms with Gasteiger partial charge in [0, 0.05) is 22.2 Å². The zero-order valence-electron chi connectivity index (χ0n) is 16.4. The maximum atomic E-state index is 6.12. The summed E-state index contributed by atoms with van der Waals surface area (Å²) in [7, 11) is 0. The minimum Gasteiger partial charge on any atom is -0.311 e. The van der Waals surface area contributed by atoms with E-state index in [2.05, 4.69) is 29.6 Å². The van der Waals surface area contributed by atoms with E-state index in [1.807, 2.05) is 54.6 Å². The molecule has 0 unspecified atom stereocenters. The molecule has 3 aromatic carbocycles. The molecule has 0 atom stereocenters. The number of aromatic nitrogens is 3. The average Bonchev–Trinajstić information content (AvgIpc) is 3.15. The quantitative estimate of drug-likeness (QED) is 0.363. The van der Waals surface area contributed by atoms with E-state index < -0.39 is 0 Å². The lowest BCUT2D eigenvalue weighted by Crippen LogP contribution is -2.17. The second kappa shape index (κ2) is 9.90. The second-order valence-corrected chi connectivity index (χ2v) is 7.95. The van der Waals surface area contributed by atoms with E-state index in [1.165, 1.54) is 5.56 Å². The normalized spacial score (nSPS) is 11.0. The van der Waals surface area contributed by atoms with Crippen molar-refractivity contribution < 1.29 is 0 Å². The van der Waals surface area contributed by atoms with Gasteiger partial charge in [-0.2, -0.15) is 15.0 Å². The summed E-state index contributed by atoms with van der Waals surface area (Å²) < 4.78 is 0. The first-order valence-corrected chi connectivity index (χ1v) is 10.6. The molecule has 6 heteroatoms. The Morgan fingerprint density at radius 3 is 2.33 bits per heavy atom. The molecule has 30 heavy (non-hydrogen) atoms. The molecule has 4 rings (SSSR count). The van der Waals surface area contributed by atoms with E-state index >= 15 is 0 Å². The standard InChI is InChI=1S/C24H22Cl2N4/c25-21-11-9-18(10-12-21)13-14-27-16-23-24(20-6-2-1-3-7-20)29-30(28-23)17-19-5-4-8-22(26)15-19/h1-12,15,27H,13-14,16-17H2. The highest BCUT2D eigenvalue weighted by molar-refractivity contribution is 6.30. The van der Waals surface area contributed by atoms with Crippen molar-refractivity contribution in [2.45, 2.75) is 19.5 Å². The van der Waals surface area contributed by atoms with Gasteiger partial charge in [-0.05, 0) is 48.4 Å². The second-order valence-electron chi connectivity index (χ2n) is 7.07. The van der Waals surface area contributed by atoms with Crippen LogP contribution in [0, 0.1) is 0 Å². The van der Waals surface area contributed by atoms with Crippen molar-refractivity contribution in [1.82, 2.24) is 20.3 Å². The molecule has 0 bridgehead atoms. The maximum Gasteiger partial charge on any atom is 0.117 e. The fraction of sp³-hybridized carbons (Fsp3) is 0.167. The third-order valence-corrected chi connectivity index (χ3v) is 5.27. The number of benzene rings is 3. The van der Waals surface area contributed by atoms with E-state index in [-0.39, 0.29) is 0 Å². The van der Waals surface area contributed by atoms with Crippen LogP contribution in [0.25, 0.3) is 11.3 Å². The van der Waals surface area contributed by atoms with Crippen molar-refractivity contribution in [2.75, 3.05) is 6.54 Å². The van der Waals surface area contributed by atoms with Crippen LogP contribution in [-0.2, 0) is 19.5 Å². The van der Waals surface area contributed by atoms with Crippen LogP contribution < -0.4 is 5.32 Å². The smallest absolute Gasteiger partial charge is 0.117 e. The fourth-order valence-corrected chi connectivity index (χ4v) is 3.62. The van der Waals surface area contributed by atoms with Crippen LogP contribution >= 0.6 is 23.2 Å². The molecule has 0 radical (unpaired) electrons.